The first-order chi connectivity index (χ1) is 11.7. The maximum atomic E-state index is 11.2. The number of carbonyl (C=O) groups is 1. The minimum atomic E-state index is -0.349. The Morgan fingerprint density at radius 3 is 2.96 bits per heavy atom. The number of hydrogen-bond acceptors (Lipinski definition) is 3. The van der Waals surface area contributed by atoms with Gasteiger partial charge in [0.05, 0.1) is 5.56 Å². The number of primary amides is 1. The van der Waals surface area contributed by atoms with Crippen LogP contribution in [0.25, 0.3) is 16.5 Å². The summed E-state index contributed by atoms with van der Waals surface area (Å²) < 4.78 is 0. The molecule has 0 radical (unpaired) electrons. The van der Waals surface area contributed by atoms with Crippen LogP contribution in [0.1, 0.15) is 27.2 Å². The maximum absolute atomic E-state index is 11.2. The first kappa shape index (κ1) is 15.2. The molecule has 4 rings (SSSR count). The van der Waals surface area contributed by atoms with Crippen LogP contribution in [0.4, 0.5) is 0 Å². The van der Waals surface area contributed by atoms with Crippen LogP contribution < -0.4 is 5.73 Å². The van der Waals surface area contributed by atoms with Gasteiger partial charge in [0.25, 0.3) is 0 Å². The maximum Gasteiger partial charge on any atom is 0.249 e. The Labute approximate surface area is 144 Å². The van der Waals surface area contributed by atoms with Gasteiger partial charge in [0.2, 0.25) is 5.91 Å². The molecule has 2 aromatic heterocycles. The van der Waals surface area contributed by atoms with Crippen LogP contribution in [0.3, 0.4) is 0 Å². The largest absolute Gasteiger partial charge is 0.366 e. The molecule has 1 amide bonds. The van der Waals surface area contributed by atoms with Crippen molar-refractivity contribution >= 4 is 33.7 Å². The number of para-hydroxylation sites is 1. The Balaban J connectivity index is 1.47. The highest BCUT2D eigenvalue weighted by Gasteiger charge is 2.16. The molecule has 0 unspecified atom stereocenters. The van der Waals surface area contributed by atoms with Crippen LogP contribution in [0, 0.1) is 0 Å². The molecule has 4 nitrogen and oxygen atoms in total. The molecule has 0 aliphatic carbocycles. The van der Waals surface area contributed by atoms with E-state index in [4.69, 9.17) is 5.73 Å². The van der Waals surface area contributed by atoms with Gasteiger partial charge in [-0.1, -0.05) is 24.3 Å². The predicted molar refractivity (Wildman–Crippen MR) is 99.0 cm³/mol. The van der Waals surface area contributed by atoms with E-state index in [0.717, 1.165) is 26.1 Å². The SMILES string of the molecule is NC(=O)c1csc(CN2CC=C(c3c[nH]c4ccccc34)CC2)c1. The first-order valence-corrected chi connectivity index (χ1v) is 8.94. The molecular formula is C19H19N3OS. The Morgan fingerprint density at radius 1 is 1.33 bits per heavy atom. The zero-order valence-corrected chi connectivity index (χ0v) is 14.1. The van der Waals surface area contributed by atoms with Gasteiger partial charge in [-0.25, -0.2) is 0 Å². The summed E-state index contributed by atoms with van der Waals surface area (Å²) in [4.78, 5) is 18.1. The van der Waals surface area contributed by atoms with E-state index in [0.29, 0.717) is 5.56 Å². The van der Waals surface area contributed by atoms with Crippen molar-refractivity contribution in [3.63, 3.8) is 0 Å². The number of aromatic nitrogens is 1. The Bertz CT molecular complexity index is 921. The van der Waals surface area contributed by atoms with Gasteiger partial charge in [0.1, 0.15) is 0 Å². The summed E-state index contributed by atoms with van der Waals surface area (Å²) in [5.74, 6) is -0.349. The highest BCUT2D eigenvalue weighted by molar-refractivity contribution is 7.10. The van der Waals surface area contributed by atoms with E-state index in [9.17, 15) is 4.79 Å². The molecule has 1 aliphatic heterocycles. The van der Waals surface area contributed by atoms with Crippen molar-refractivity contribution in [1.29, 1.82) is 0 Å². The molecule has 3 heterocycles. The smallest absolute Gasteiger partial charge is 0.249 e. The lowest BCUT2D eigenvalue weighted by atomic mass is 9.99. The third-order valence-corrected chi connectivity index (χ3v) is 5.47. The predicted octanol–water partition coefficient (Wildman–Crippen LogP) is 3.62. The van der Waals surface area contributed by atoms with Gasteiger partial charge in [-0.2, -0.15) is 0 Å². The van der Waals surface area contributed by atoms with Crippen molar-refractivity contribution in [2.75, 3.05) is 13.1 Å². The number of nitrogens with two attached hydrogens (primary N) is 1. The number of amides is 1. The molecule has 3 aromatic rings. The molecule has 0 spiro atoms. The fourth-order valence-electron chi connectivity index (χ4n) is 3.25. The number of H-pyrrole nitrogens is 1. The number of nitrogens with zero attached hydrogens (tertiary/aromatic N) is 1. The lowest BCUT2D eigenvalue weighted by Crippen LogP contribution is -2.27. The lowest BCUT2D eigenvalue weighted by Gasteiger charge is -2.25. The normalized spacial score (nSPS) is 15.6. The fourth-order valence-corrected chi connectivity index (χ4v) is 4.16. The number of nitrogens with one attached hydrogen (secondary N) is 1. The van der Waals surface area contributed by atoms with Crippen LogP contribution in [-0.4, -0.2) is 28.9 Å². The second-order valence-corrected chi connectivity index (χ2v) is 7.12. The number of rotatable bonds is 4. The van der Waals surface area contributed by atoms with Crippen molar-refractivity contribution in [3.8, 4) is 0 Å². The van der Waals surface area contributed by atoms with Gasteiger partial charge in [0.15, 0.2) is 0 Å². The summed E-state index contributed by atoms with van der Waals surface area (Å²) in [5, 5.41) is 3.14. The first-order valence-electron chi connectivity index (χ1n) is 8.06. The van der Waals surface area contributed by atoms with Gasteiger partial charge in [-0.3, -0.25) is 9.69 Å². The molecule has 3 N–H and O–H groups in total. The monoisotopic (exact) mass is 337 g/mol. The summed E-state index contributed by atoms with van der Waals surface area (Å²) in [6.45, 7) is 2.82. The number of fused-ring (bicyclic) bond motifs is 1. The summed E-state index contributed by atoms with van der Waals surface area (Å²) >= 11 is 1.60. The lowest BCUT2D eigenvalue weighted by molar-refractivity contribution is 0.100. The van der Waals surface area contributed by atoms with Crippen molar-refractivity contribution in [2.24, 2.45) is 5.73 Å². The second-order valence-electron chi connectivity index (χ2n) is 6.13. The molecule has 0 saturated carbocycles. The van der Waals surface area contributed by atoms with Gasteiger partial charge >= 0.3 is 0 Å². The molecule has 0 bridgehead atoms. The number of thiophene rings is 1. The van der Waals surface area contributed by atoms with E-state index in [1.807, 2.05) is 11.4 Å². The summed E-state index contributed by atoms with van der Waals surface area (Å²) in [5.41, 5.74) is 9.85. The van der Waals surface area contributed by atoms with Gasteiger partial charge in [0, 0.05) is 52.6 Å². The minimum absolute atomic E-state index is 0.349. The van der Waals surface area contributed by atoms with E-state index in [1.165, 1.54) is 26.9 Å². The summed E-state index contributed by atoms with van der Waals surface area (Å²) in [6, 6.07) is 10.3. The van der Waals surface area contributed by atoms with Crippen LogP contribution in [-0.2, 0) is 6.54 Å². The van der Waals surface area contributed by atoms with Crippen molar-refractivity contribution < 1.29 is 4.79 Å². The summed E-state index contributed by atoms with van der Waals surface area (Å²) in [6.07, 6.45) is 5.47. The number of aromatic amines is 1. The van der Waals surface area contributed by atoms with E-state index in [-0.39, 0.29) is 5.91 Å². The van der Waals surface area contributed by atoms with E-state index >= 15 is 0 Å². The molecular weight excluding hydrogens is 318 g/mol. The van der Waals surface area contributed by atoms with Crippen LogP contribution >= 0.6 is 11.3 Å². The highest BCUT2D eigenvalue weighted by atomic mass is 32.1. The minimum Gasteiger partial charge on any atom is -0.366 e. The van der Waals surface area contributed by atoms with Crippen molar-refractivity contribution in [3.05, 3.63) is 64.0 Å². The third kappa shape index (κ3) is 2.88. The number of carbonyl (C=O) groups excluding carboxylic acids is 1. The summed E-state index contributed by atoms with van der Waals surface area (Å²) in [7, 11) is 0. The third-order valence-electron chi connectivity index (χ3n) is 4.55. The molecule has 122 valence electrons. The molecule has 0 atom stereocenters. The van der Waals surface area contributed by atoms with E-state index in [2.05, 4.69) is 46.4 Å². The van der Waals surface area contributed by atoms with Gasteiger partial charge in [-0.15, -0.1) is 11.3 Å². The molecule has 0 fully saturated rings. The average molecular weight is 337 g/mol. The van der Waals surface area contributed by atoms with Gasteiger partial charge in [-0.05, 0) is 24.1 Å². The number of hydrogen-bond donors (Lipinski definition) is 2. The van der Waals surface area contributed by atoms with Gasteiger partial charge < -0.3 is 10.7 Å². The highest BCUT2D eigenvalue weighted by Crippen LogP contribution is 2.29. The van der Waals surface area contributed by atoms with Crippen molar-refractivity contribution in [2.45, 2.75) is 13.0 Å². The molecule has 5 heteroatoms. The topological polar surface area (TPSA) is 62.1 Å². The van der Waals surface area contributed by atoms with E-state index in [1.54, 1.807) is 11.3 Å². The molecule has 1 aliphatic rings. The Hall–Kier alpha value is -2.37. The average Bonchev–Trinajstić information content (AvgIpc) is 3.23. The Kier molecular flexibility index (Phi) is 3.96. The fraction of sp³-hybridized carbons (Fsp3) is 0.211. The van der Waals surface area contributed by atoms with E-state index < -0.39 is 0 Å². The molecule has 0 saturated heterocycles. The second kappa shape index (κ2) is 6.26. The quantitative estimate of drug-likeness (QED) is 0.764. The standard InChI is InChI=1S/C19H19N3OS/c20-19(23)14-9-15(24-12-14)11-22-7-5-13(6-8-22)17-10-21-18-4-2-1-3-16(17)18/h1-5,9-10,12,21H,6-8,11H2,(H2,20,23). The number of benzene rings is 1. The zero-order valence-electron chi connectivity index (χ0n) is 13.3. The molecule has 24 heavy (non-hydrogen) atoms. The van der Waals surface area contributed by atoms with Crippen LogP contribution in [0.15, 0.2) is 48.0 Å². The van der Waals surface area contributed by atoms with Crippen LogP contribution in [0.2, 0.25) is 0 Å². The molecule has 1 aromatic carbocycles. The Morgan fingerprint density at radius 2 is 2.21 bits per heavy atom. The van der Waals surface area contributed by atoms with Crippen molar-refractivity contribution in [1.82, 2.24) is 9.88 Å². The zero-order chi connectivity index (χ0) is 16.5. The van der Waals surface area contributed by atoms with Crippen LogP contribution in [0.5, 0.6) is 0 Å².